The summed E-state index contributed by atoms with van der Waals surface area (Å²) in [6, 6.07) is 4.54. The number of rotatable bonds is 7. The van der Waals surface area contributed by atoms with E-state index in [1.165, 1.54) is 11.0 Å². The van der Waals surface area contributed by atoms with Crippen molar-refractivity contribution < 1.29 is 14.6 Å². The first-order chi connectivity index (χ1) is 13.7. The summed E-state index contributed by atoms with van der Waals surface area (Å²) >= 11 is 0. The van der Waals surface area contributed by atoms with Crippen LogP contribution in [0.3, 0.4) is 0 Å². The summed E-state index contributed by atoms with van der Waals surface area (Å²) in [4.78, 5) is 37.9. The van der Waals surface area contributed by atoms with Crippen LogP contribution in [-0.4, -0.2) is 48.3 Å². The Morgan fingerprint density at radius 3 is 2.52 bits per heavy atom. The maximum Gasteiger partial charge on any atom is 0.257 e. The van der Waals surface area contributed by atoms with Crippen LogP contribution in [0.1, 0.15) is 43.5 Å². The Morgan fingerprint density at radius 1 is 1.24 bits per heavy atom. The van der Waals surface area contributed by atoms with Gasteiger partial charge in [0.15, 0.2) is 5.75 Å². The number of carbonyl (C=O) groups excluding carboxylic acids is 1. The Hall–Kier alpha value is -2.87. The highest BCUT2D eigenvalue weighted by Gasteiger charge is 2.32. The number of para-hydroxylation sites is 1. The van der Waals surface area contributed by atoms with Gasteiger partial charge in [0.2, 0.25) is 0 Å². The van der Waals surface area contributed by atoms with E-state index in [-0.39, 0.29) is 52.5 Å². The van der Waals surface area contributed by atoms with Crippen molar-refractivity contribution in [2.75, 3.05) is 24.7 Å². The number of hydrogen-bond donors (Lipinski definition) is 3. The van der Waals surface area contributed by atoms with Crippen LogP contribution in [0.2, 0.25) is 0 Å². The molecule has 1 aliphatic heterocycles. The maximum atomic E-state index is 12.2. The van der Waals surface area contributed by atoms with Crippen LogP contribution < -0.4 is 21.5 Å². The third-order valence-corrected chi connectivity index (χ3v) is 5.33. The zero-order valence-corrected chi connectivity index (χ0v) is 17.1. The van der Waals surface area contributed by atoms with Gasteiger partial charge < -0.3 is 25.4 Å². The van der Waals surface area contributed by atoms with Gasteiger partial charge in [0, 0.05) is 14.1 Å². The van der Waals surface area contributed by atoms with E-state index < -0.39 is 10.9 Å². The number of benzene rings is 1. The van der Waals surface area contributed by atoms with Crippen LogP contribution in [0.15, 0.2) is 27.8 Å². The van der Waals surface area contributed by atoms with Crippen molar-refractivity contribution in [2.45, 2.75) is 51.4 Å². The predicted molar refractivity (Wildman–Crippen MR) is 112 cm³/mol. The molecular formula is C21H27N3O5. The lowest BCUT2D eigenvalue weighted by molar-refractivity contribution is 0.0438. The van der Waals surface area contributed by atoms with Crippen LogP contribution >= 0.6 is 0 Å². The summed E-state index contributed by atoms with van der Waals surface area (Å²) in [5, 5.41) is 16.5. The molecule has 0 aromatic heterocycles. The number of carbonyl (C=O) groups is 1. The van der Waals surface area contributed by atoms with Crippen molar-refractivity contribution in [2.24, 2.45) is 0 Å². The van der Waals surface area contributed by atoms with E-state index in [0.29, 0.717) is 0 Å². The first-order valence-corrected chi connectivity index (χ1v) is 9.80. The molecule has 0 radical (unpaired) electrons. The molecule has 1 saturated heterocycles. The molecule has 1 heterocycles. The molecule has 1 fully saturated rings. The highest BCUT2D eigenvalue weighted by atomic mass is 16.5. The van der Waals surface area contributed by atoms with Gasteiger partial charge in [-0.3, -0.25) is 14.4 Å². The molecule has 0 saturated carbocycles. The smallest absolute Gasteiger partial charge is 0.257 e. The second kappa shape index (κ2) is 8.24. The van der Waals surface area contributed by atoms with Gasteiger partial charge in [0.05, 0.1) is 29.5 Å². The number of nitrogens with one attached hydrogen (secondary N) is 2. The first kappa shape index (κ1) is 20.9. The molecule has 1 aliphatic rings. The van der Waals surface area contributed by atoms with Crippen LogP contribution in [-0.2, 0) is 4.74 Å². The molecule has 1 unspecified atom stereocenters. The van der Waals surface area contributed by atoms with Crippen molar-refractivity contribution in [3.63, 3.8) is 0 Å². The lowest BCUT2D eigenvalue weighted by Gasteiger charge is -2.26. The zero-order valence-electron chi connectivity index (χ0n) is 17.1. The average molecular weight is 401 g/mol. The monoisotopic (exact) mass is 401 g/mol. The van der Waals surface area contributed by atoms with E-state index in [1.807, 2.05) is 13.8 Å². The molecule has 0 aliphatic carbocycles. The normalized spacial score (nSPS) is 19.9. The Labute approximate surface area is 169 Å². The molecule has 2 aromatic rings. The molecule has 8 heteroatoms. The van der Waals surface area contributed by atoms with Crippen molar-refractivity contribution in [3.05, 3.63) is 44.2 Å². The molecule has 3 N–H and O–H groups in total. The molecule has 0 bridgehead atoms. The quantitative estimate of drug-likeness (QED) is 0.482. The summed E-state index contributed by atoms with van der Waals surface area (Å²) in [5.74, 6) is -0.641. The van der Waals surface area contributed by atoms with Crippen LogP contribution in [0, 0.1) is 0 Å². The number of phenolic OH excluding ortho intramolecular Hbond substituents is 1. The number of nitrogens with zero attached hydrogens (tertiary/aromatic N) is 1. The molecule has 3 atom stereocenters. The SMILES string of the molecule is CCC(Nc1c(Nc2cccc(C(=O)N(C)C)c2O)c(=O)c1=O)[C@H]1CC[C@@H](C)O1. The van der Waals surface area contributed by atoms with Gasteiger partial charge in [-0.25, -0.2) is 0 Å². The summed E-state index contributed by atoms with van der Waals surface area (Å²) in [6.07, 6.45) is 2.73. The fourth-order valence-corrected chi connectivity index (χ4v) is 3.61. The third kappa shape index (κ3) is 3.98. The van der Waals surface area contributed by atoms with Gasteiger partial charge in [-0.2, -0.15) is 0 Å². The van der Waals surface area contributed by atoms with Gasteiger partial charge in [-0.05, 0) is 38.3 Å². The summed E-state index contributed by atoms with van der Waals surface area (Å²) in [7, 11) is 3.16. The van der Waals surface area contributed by atoms with E-state index in [9.17, 15) is 19.5 Å². The van der Waals surface area contributed by atoms with Gasteiger partial charge in [-0.1, -0.05) is 13.0 Å². The van der Waals surface area contributed by atoms with Crippen molar-refractivity contribution >= 4 is 23.0 Å². The average Bonchev–Trinajstić information content (AvgIpc) is 3.13. The van der Waals surface area contributed by atoms with Crippen LogP contribution in [0.5, 0.6) is 5.75 Å². The Kier molecular flexibility index (Phi) is 5.93. The first-order valence-electron chi connectivity index (χ1n) is 9.80. The lowest BCUT2D eigenvalue weighted by atomic mass is 10.0. The van der Waals surface area contributed by atoms with Gasteiger partial charge in [0.1, 0.15) is 11.4 Å². The lowest BCUT2D eigenvalue weighted by Crippen LogP contribution is -2.42. The second-order valence-electron chi connectivity index (χ2n) is 7.66. The number of phenols is 1. The molecule has 2 aromatic carbocycles. The highest BCUT2D eigenvalue weighted by Crippen LogP contribution is 2.33. The summed E-state index contributed by atoms with van der Waals surface area (Å²) in [5.41, 5.74) is -0.693. The fourth-order valence-electron chi connectivity index (χ4n) is 3.61. The van der Waals surface area contributed by atoms with Crippen molar-refractivity contribution in [3.8, 4) is 5.75 Å². The predicted octanol–water partition coefficient (Wildman–Crippen LogP) is 2.19. The third-order valence-electron chi connectivity index (χ3n) is 5.33. The molecule has 0 spiro atoms. The second-order valence-corrected chi connectivity index (χ2v) is 7.66. The van der Waals surface area contributed by atoms with E-state index in [1.54, 1.807) is 26.2 Å². The van der Waals surface area contributed by atoms with Gasteiger partial charge in [-0.15, -0.1) is 0 Å². The van der Waals surface area contributed by atoms with Gasteiger partial charge >= 0.3 is 0 Å². The topological polar surface area (TPSA) is 108 Å². The molecule has 156 valence electrons. The molecule has 3 rings (SSSR count). The number of amides is 1. The summed E-state index contributed by atoms with van der Waals surface area (Å²) < 4.78 is 5.90. The van der Waals surface area contributed by atoms with Crippen LogP contribution in [0.25, 0.3) is 0 Å². The molecule has 8 nitrogen and oxygen atoms in total. The Balaban J connectivity index is 1.84. The fraction of sp³-hybridized carbons (Fsp3) is 0.476. The molecule has 1 amide bonds. The zero-order chi connectivity index (χ0) is 21.3. The van der Waals surface area contributed by atoms with E-state index in [0.717, 1.165) is 19.3 Å². The number of anilines is 3. The van der Waals surface area contributed by atoms with E-state index in [4.69, 9.17) is 4.74 Å². The van der Waals surface area contributed by atoms with E-state index >= 15 is 0 Å². The number of aromatic hydroxyl groups is 1. The minimum atomic E-state index is -0.660. The van der Waals surface area contributed by atoms with E-state index in [2.05, 4.69) is 10.6 Å². The molecular weight excluding hydrogens is 374 g/mol. The minimum absolute atomic E-state index is 0.0262. The van der Waals surface area contributed by atoms with Crippen molar-refractivity contribution in [1.29, 1.82) is 0 Å². The van der Waals surface area contributed by atoms with Gasteiger partial charge in [0.25, 0.3) is 16.8 Å². The Bertz CT molecular complexity index is 977. The molecule has 29 heavy (non-hydrogen) atoms. The number of ether oxygens (including phenoxy) is 1. The summed E-state index contributed by atoms with van der Waals surface area (Å²) in [6.45, 7) is 4.01. The van der Waals surface area contributed by atoms with Crippen LogP contribution in [0.4, 0.5) is 17.1 Å². The Morgan fingerprint density at radius 2 is 1.93 bits per heavy atom. The standard InChI is InChI=1S/C21H27N3O5/c1-5-13(15-10-9-11(2)29-15)22-16-17(20(27)19(16)26)23-14-8-6-7-12(18(14)25)21(28)24(3)4/h6-8,11,13,15,22-23,25H,5,9-10H2,1-4H3/t11-,13?,15-/m1/s1. The number of hydrogen-bond acceptors (Lipinski definition) is 7. The highest BCUT2D eigenvalue weighted by molar-refractivity contribution is 5.99. The minimum Gasteiger partial charge on any atom is -0.505 e. The maximum absolute atomic E-state index is 12.2. The van der Waals surface area contributed by atoms with Crippen molar-refractivity contribution in [1.82, 2.24) is 4.90 Å². The largest absolute Gasteiger partial charge is 0.505 e.